The van der Waals surface area contributed by atoms with Gasteiger partial charge in [-0.15, -0.1) is 0 Å². The molecule has 7 nitrogen and oxygen atoms in total. The van der Waals surface area contributed by atoms with Crippen molar-refractivity contribution in [3.05, 3.63) is 76.0 Å². The van der Waals surface area contributed by atoms with Gasteiger partial charge < -0.3 is 10.6 Å². The number of benzene rings is 2. The van der Waals surface area contributed by atoms with E-state index in [4.69, 9.17) is 7.98 Å². The Morgan fingerprint density at radius 2 is 1.76 bits per heavy atom. The lowest BCUT2D eigenvalue weighted by molar-refractivity contribution is 0.0958. The van der Waals surface area contributed by atoms with Crippen LogP contribution in [-0.4, -0.2) is 33.5 Å². The largest absolute Gasteiger partial charge is 0.345 e. The van der Waals surface area contributed by atoms with Gasteiger partial charge in [-0.05, 0) is 87.2 Å². The Morgan fingerprint density at radius 1 is 0.971 bits per heavy atom. The third-order valence-corrected chi connectivity index (χ3v) is 6.19. The number of hydrogen-bond acceptors (Lipinski definition) is 5. The Hall–Kier alpha value is -3.94. The average molecular weight is 448 g/mol. The van der Waals surface area contributed by atoms with Crippen molar-refractivity contribution in [2.45, 2.75) is 40.7 Å². The van der Waals surface area contributed by atoms with Gasteiger partial charge in [0.2, 0.25) is 5.95 Å². The minimum atomic E-state index is -0.0451. The number of aryl methyl sites for hydroxylation is 4. The first-order valence-corrected chi connectivity index (χ1v) is 11.2. The summed E-state index contributed by atoms with van der Waals surface area (Å²) in [6.45, 7) is 10.0. The quantitative estimate of drug-likeness (QED) is 0.442. The van der Waals surface area contributed by atoms with E-state index in [2.05, 4.69) is 51.7 Å². The summed E-state index contributed by atoms with van der Waals surface area (Å²) in [6, 6.07) is 14.1. The van der Waals surface area contributed by atoms with Gasteiger partial charge in [0.1, 0.15) is 0 Å². The van der Waals surface area contributed by atoms with Gasteiger partial charge in [0.05, 0.1) is 11.7 Å². The maximum Gasteiger partial charge on any atom is 0.269 e. The van der Waals surface area contributed by atoms with Crippen LogP contribution in [0.2, 0.25) is 0 Å². The van der Waals surface area contributed by atoms with Gasteiger partial charge in [-0.25, -0.2) is 0 Å². The zero-order valence-corrected chi connectivity index (χ0v) is 19.9. The number of fused-ring (bicyclic) bond motifs is 1. The predicted molar refractivity (Wildman–Crippen MR) is 134 cm³/mol. The number of carbonyl (C=O) groups is 1. The van der Waals surface area contributed by atoms with Crippen LogP contribution in [0.1, 0.15) is 51.3 Å². The maximum atomic E-state index is 12.1. The molecule has 0 aliphatic carbocycles. The molecule has 1 unspecified atom stereocenters. The van der Waals surface area contributed by atoms with Gasteiger partial charge >= 0.3 is 0 Å². The zero-order valence-electron chi connectivity index (χ0n) is 19.9. The molecule has 1 atom stereocenters. The molecule has 2 radical (unpaired) electrons. The Morgan fingerprint density at radius 3 is 2.50 bits per heavy atom. The minimum Gasteiger partial charge on any atom is -0.345 e. The number of carbonyl (C=O) groups excluding carboxylic acids is 1. The van der Waals surface area contributed by atoms with Crippen LogP contribution in [0.15, 0.2) is 42.5 Å². The molecule has 2 aromatic heterocycles. The van der Waals surface area contributed by atoms with Crippen LogP contribution in [-0.2, 0) is 0 Å². The van der Waals surface area contributed by atoms with Crippen molar-refractivity contribution < 1.29 is 4.79 Å². The van der Waals surface area contributed by atoms with E-state index in [1.54, 1.807) is 0 Å². The summed E-state index contributed by atoms with van der Waals surface area (Å²) in [5.41, 5.74) is 9.57. The van der Waals surface area contributed by atoms with Crippen molar-refractivity contribution in [3.8, 4) is 22.6 Å². The molecule has 1 amide bonds. The standard InChI is InChI=1S/C26H25BN6O/c1-13-8-16(4)28-23(9-13)19-7-6-18(10-14(19)2)24-31-26(33(27)32-24)30-22-12-20-17(5)29-25(34)21(20)11-15(22)3/h6-12,17H,1-5H3,(H,29,34)(H,30,31,32). The number of aromatic nitrogens is 4. The van der Waals surface area contributed by atoms with Gasteiger partial charge in [-0.1, -0.05) is 12.1 Å². The molecule has 0 fully saturated rings. The van der Waals surface area contributed by atoms with Crippen molar-refractivity contribution in [1.29, 1.82) is 0 Å². The van der Waals surface area contributed by atoms with Crippen molar-refractivity contribution >= 4 is 25.5 Å². The monoisotopic (exact) mass is 448 g/mol. The molecule has 0 spiro atoms. The van der Waals surface area contributed by atoms with Crippen LogP contribution in [0.5, 0.6) is 0 Å². The molecule has 3 heterocycles. The molecule has 5 rings (SSSR count). The van der Waals surface area contributed by atoms with Gasteiger partial charge in [0.15, 0.2) is 5.82 Å². The molecule has 0 bridgehead atoms. The summed E-state index contributed by atoms with van der Waals surface area (Å²) in [6.07, 6.45) is 0. The van der Waals surface area contributed by atoms with E-state index in [9.17, 15) is 4.79 Å². The molecule has 1 aliphatic heterocycles. The van der Waals surface area contributed by atoms with Crippen LogP contribution in [0.4, 0.5) is 11.6 Å². The molecule has 168 valence electrons. The first-order chi connectivity index (χ1) is 16.2. The lowest BCUT2D eigenvalue weighted by Crippen LogP contribution is -2.16. The topological polar surface area (TPSA) is 84.7 Å². The maximum absolute atomic E-state index is 12.1. The van der Waals surface area contributed by atoms with Gasteiger partial charge in [-0.2, -0.15) is 10.1 Å². The number of amides is 1. The Balaban J connectivity index is 1.45. The van der Waals surface area contributed by atoms with E-state index in [-0.39, 0.29) is 11.9 Å². The van der Waals surface area contributed by atoms with Crippen LogP contribution in [0, 0.1) is 27.7 Å². The van der Waals surface area contributed by atoms with Gasteiger partial charge in [-0.3, -0.25) is 14.4 Å². The first kappa shape index (κ1) is 21.9. The highest BCUT2D eigenvalue weighted by Gasteiger charge is 2.26. The number of anilines is 2. The van der Waals surface area contributed by atoms with Crippen molar-refractivity contribution in [2.24, 2.45) is 0 Å². The molecule has 4 aromatic rings. The van der Waals surface area contributed by atoms with Crippen LogP contribution in [0.25, 0.3) is 22.6 Å². The number of hydrogen-bond donors (Lipinski definition) is 2. The Labute approximate surface area is 200 Å². The van der Waals surface area contributed by atoms with Crippen molar-refractivity contribution in [1.82, 2.24) is 25.0 Å². The first-order valence-electron chi connectivity index (χ1n) is 11.2. The fourth-order valence-corrected chi connectivity index (χ4v) is 4.49. The summed E-state index contributed by atoms with van der Waals surface area (Å²) in [7, 11) is 6.14. The molecule has 1 aliphatic rings. The molecule has 0 saturated carbocycles. The number of pyridine rings is 1. The number of nitrogens with zero attached hydrogens (tertiary/aromatic N) is 4. The van der Waals surface area contributed by atoms with E-state index in [1.165, 1.54) is 10.2 Å². The number of rotatable bonds is 4. The highest BCUT2D eigenvalue weighted by molar-refractivity contribution is 6.07. The Bertz CT molecular complexity index is 1440. The summed E-state index contributed by atoms with van der Waals surface area (Å²) < 4.78 is 1.24. The highest BCUT2D eigenvalue weighted by atomic mass is 16.2. The minimum absolute atomic E-state index is 0.0388. The third-order valence-electron chi connectivity index (χ3n) is 6.19. The normalized spacial score (nSPS) is 14.7. The summed E-state index contributed by atoms with van der Waals surface area (Å²) in [5.74, 6) is 0.897. The molecule has 2 aromatic carbocycles. The Kier molecular flexibility index (Phi) is 5.23. The molecular formula is C26H25BN6O. The van der Waals surface area contributed by atoms with E-state index in [1.807, 2.05) is 51.1 Å². The highest BCUT2D eigenvalue weighted by Crippen LogP contribution is 2.32. The predicted octanol–water partition coefficient (Wildman–Crippen LogP) is 4.72. The summed E-state index contributed by atoms with van der Waals surface area (Å²) in [5, 5.41) is 10.6. The molecular weight excluding hydrogens is 423 g/mol. The fourth-order valence-electron chi connectivity index (χ4n) is 4.49. The molecule has 0 saturated heterocycles. The SMILES string of the molecule is [B]n1nc(-c2ccc(-c3cc(C)cc(C)n3)c(C)c2)nc1Nc1cc2c(cc1C)C(=O)NC2C. The third kappa shape index (κ3) is 3.85. The zero-order chi connectivity index (χ0) is 24.1. The van der Waals surface area contributed by atoms with Crippen molar-refractivity contribution in [2.75, 3.05) is 5.32 Å². The smallest absolute Gasteiger partial charge is 0.269 e. The molecule has 8 heteroatoms. The van der Waals surface area contributed by atoms with Crippen LogP contribution in [0.3, 0.4) is 0 Å². The van der Waals surface area contributed by atoms with E-state index >= 15 is 0 Å². The summed E-state index contributed by atoms with van der Waals surface area (Å²) in [4.78, 5) is 21.4. The van der Waals surface area contributed by atoms with Crippen LogP contribution >= 0.6 is 0 Å². The van der Waals surface area contributed by atoms with E-state index in [0.29, 0.717) is 17.3 Å². The molecule has 2 N–H and O–H groups in total. The van der Waals surface area contributed by atoms with Gasteiger partial charge in [0, 0.05) is 28.1 Å². The average Bonchev–Trinajstić information content (AvgIpc) is 3.26. The fraction of sp³-hybridized carbons (Fsp3) is 0.231. The summed E-state index contributed by atoms with van der Waals surface area (Å²) >= 11 is 0. The second-order valence-corrected chi connectivity index (χ2v) is 8.98. The van der Waals surface area contributed by atoms with Gasteiger partial charge in [0.25, 0.3) is 13.9 Å². The van der Waals surface area contributed by atoms with E-state index < -0.39 is 0 Å². The van der Waals surface area contributed by atoms with E-state index in [0.717, 1.165) is 44.9 Å². The number of nitrogens with one attached hydrogen (secondary N) is 2. The van der Waals surface area contributed by atoms with Crippen LogP contribution < -0.4 is 10.6 Å². The van der Waals surface area contributed by atoms with Crippen molar-refractivity contribution in [3.63, 3.8) is 0 Å². The lowest BCUT2D eigenvalue weighted by atomic mass is 10.0. The second kappa shape index (κ2) is 8.13. The molecule has 34 heavy (non-hydrogen) atoms. The second-order valence-electron chi connectivity index (χ2n) is 8.98. The lowest BCUT2D eigenvalue weighted by Gasteiger charge is -2.12.